The molecule has 172 valence electrons. The third kappa shape index (κ3) is 6.97. The summed E-state index contributed by atoms with van der Waals surface area (Å²) in [4.78, 5) is 35.7. The summed E-state index contributed by atoms with van der Waals surface area (Å²) >= 11 is 0. The number of aliphatic hydroxyl groups excluding tert-OH is 4. The van der Waals surface area contributed by atoms with E-state index in [1.54, 1.807) is 30.3 Å². The number of aliphatic hydroxyl groups is 4. The summed E-state index contributed by atoms with van der Waals surface area (Å²) in [6.07, 6.45) is -5.13. The van der Waals surface area contributed by atoms with Crippen LogP contribution in [-0.4, -0.2) is 86.9 Å². The van der Waals surface area contributed by atoms with Gasteiger partial charge in [0.1, 0.15) is 12.2 Å². The lowest BCUT2D eigenvalue weighted by molar-refractivity contribution is -0.145. The molecule has 0 unspecified atom stereocenters. The van der Waals surface area contributed by atoms with Crippen molar-refractivity contribution in [3.05, 3.63) is 35.9 Å². The second kappa shape index (κ2) is 11.7. The molecule has 2 amide bonds. The number of amides is 2. The molecule has 1 aliphatic rings. The van der Waals surface area contributed by atoms with E-state index in [-0.39, 0.29) is 0 Å². The van der Waals surface area contributed by atoms with Gasteiger partial charge in [-0.1, -0.05) is 30.3 Å². The molecule has 1 aromatic carbocycles. The molecule has 1 heterocycles. The first-order valence-corrected chi connectivity index (χ1v) is 10.0. The summed E-state index contributed by atoms with van der Waals surface area (Å²) in [6.45, 7) is -0.0818. The molecule has 1 saturated heterocycles. The van der Waals surface area contributed by atoms with Crippen molar-refractivity contribution >= 4 is 17.8 Å². The van der Waals surface area contributed by atoms with Crippen LogP contribution < -0.4 is 16.0 Å². The van der Waals surface area contributed by atoms with Gasteiger partial charge in [-0.3, -0.25) is 14.4 Å². The zero-order chi connectivity index (χ0) is 23.0. The predicted octanol–water partition coefficient (Wildman–Crippen LogP) is -2.37. The molecule has 0 saturated carbocycles. The lowest BCUT2D eigenvalue weighted by Gasteiger charge is -2.30. The summed E-state index contributed by atoms with van der Waals surface area (Å²) < 4.78 is 0. The molecule has 1 aromatic rings. The highest BCUT2D eigenvalue weighted by atomic mass is 16.4. The van der Waals surface area contributed by atoms with Gasteiger partial charge in [0.2, 0.25) is 5.91 Å². The maximum absolute atomic E-state index is 12.4. The fraction of sp³-hybridized carbons (Fsp3) is 0.550. The lowest BCUT2D eigenvalue weighted by atomic mass is 9.99. The van der Waals surface area contributed by atoms with Crippen LogP contribution in [0.4, 0.5) is 0 Å². The zero-order valence-electron chi connectivity index (χ0n) is 16.8. The van der Waals surface area contributed by atoms with Gasteiger partial charge in [0, 0.05) is 0 Å². The third-order valence-electron chi connectivity index (χ3n) is 5.15. The Bertz CT molecular complexity index is 741. The van der Waals surface area contributed by atoms with Crippen LogP contribution in [0.1, 0.15) is 30.9 Å². The monoisotopic (exact) mass is 439 g/mol. The molecule has 0 aliphatic carbocycles. The van der Waals surface area contributed by atoms with Crippen LogP contribution in [0.5, 0.6) is 0 Å². The average Bonchev–Trinajstić information content (AvgIpc) is 3.30. The SMILES string of the molecule is O=C(O)C[C@H](NC(=O)[C@@H](O)[C@H](O)[C@H](O)[C@H](CO)NC(=O)[C@H]1CCCN1)c1ccccc1. The first-order valence-electron chi connectivity index (χ1n) is 10.0. The zero-order valence-corrected chi connectivity index (χ0v) is 16.8. The molecule has 11 nitrogen and oxygen atoms in total. The smallest absolute Gasteiger partial charge is 0.305 e. The molecule has 2 rings (SSSR count). The Morgan fingerprint density at radius 3 is 2.29 bits per heavy atom. The Morgan fingerprint density at radius 2 is 1.74 bits per heavy atom. The Kier molecular flexibility index (Phi) is 9.34. The average molecular weight is 439 g/mol. The minimum Gasteiger partial charge on any atom is -0.481 e. The summed E-state index contributed by atoms with van der Waals surface area (Å²) in [6, 6.07) is 5.41. The van der Waals surface area contributed by atoms with Crippen LogP contribution in [0, 0.1) is 0 Å². The highest BCUT2D eigenvalue weighted by Gasteiger charge is 2.37. The van der Waals surface area contributed by atoms with E-state index in [1.807, 2.05) is 0 Å². The highest BCUT2D eigenvalue weighted by molar-refractivity contribution is 5.83. The standard InChI is InChI=1S/C20H29N3O8/c24-10-14(23-19(30)12-7-4-8-21-12)16(27)17(28)18(29)20(31)22-13(9-15(25)26)11-5-2-1-3-6-11/h1-3,5-6,12-14,16-18,21,24,27-29H,4,7-10H2,(H,22,31)(H,23,30)(H,25,26)/t12-,13+,14+,16-,17-,18+/m1/s1. The first kappa shape index (κ1) is 24.7. The summed E-state index contributed by atoms with van der Waals surface area (Å²) in [5, 5.41) is 57.0. The molecule has 6 atom stereocenters. The highest BCUT2D eigenvalue weighted by Crippen LogP contribution is 2.17. The van der Waals surface area contributed by atoms with Crippen molar-refractivity contribution in [2.45, 2.75) is 55.7 Å². The predicted molar refractivity (Wildman–Crippen MR) is 108 cm³/mol. The fourth-order valence-electron chi connectivity index (χ4n) is 3.38. The Labute approximate surface area is 179 Å². The molecule has 31 heavy (non-hydrogen) atoms. The normalized spacial score (nSPS) is 20.8. The van der Waals surface area contributed by atoms with Crippen molar-refractivity contribution in [1.82, 2.24) is 16.0 Å². The number of aliphatic carboxylic acids is 1. The van der Waals surface area contributed by atoms with Crippen molar-refractivity contribution in [3.8, 4) is 0 Å². The number of nitrogens with one attached hydrogen (secondary N) is 3. The number of benzene rings is 1. The van der Waals surface area contributed by atoms with E-state index in [0.29, 0.717) is 18.5 Å². The third-order valence-corrected chi connectivity index (χ3v) is 5.15. The minimum atomic E-state index is -2.13. The Balaban J connectivity index is 2.01. The summed E-state index contributed by atoms with van der Waals surface area (Å²) in [5.41, 5.74) is 0.477. The van der Waals surface area contributed by atoms with Gasteiger partial charge >= 0.3 is 5.97 Å². The van der Waals surface area contributed by atoms with E-state index in [9.17, 15) is 34.8 Å². The van der Waals surface area contributed by atoms with E-state index >= 15 is 0 Å². The summed E-state index contributed by atoms with van der Waals surface area (Å²) in [7, 11) is 0. The number of carboxylic acids is 1. The summed E-state index contributed by atoms with van der Waals surface area (Å²) in [5.74, 6) is -2.78. The van der Waals surface area contributed by atoms with Crippen molar-refractivity contribution in [2.24, 2.45) is 0 Å². The molecular weight excluding hydrogens is 410 g/mol. The maximum Gasteiger partial charge on any atom is 0.305 e. The van der Waals surface area contributed by atoms with Crippen molar-refractivity contribution in [3.63, 3.8) is 0 Å². The molecule has 0 bridgehead atoms. The maximum atomic E-state index is 12.4. The fourth-order valence-corrected chi connectivity index (χ4v) is 3.38. The molecule has 0 spiro atoms. The van der Waals surface area contributed by atoms with Crippen molar-refractivity contribution < 1.29 is 39.9 Å². The molecule has 0 aromatic heterocycles. The van der Waals surface area contributed by atoms with Crippen LogP contribution in [0.2, 0.25) is 0 Å². The Hall–Kier alpha value is -2.57. The Morgan fingerprint density at radius 1 is 1.06 bits per heavy atom. The van der Waals surface area contributed by atoms with E-state index < -0.39 is 67.2 Å². The first-order chi connectivity index (χ1) is 14.7. The number of rotatable bonds is 11. The number of hydrogen-bond donors (Lipinski definition) is 8. The van der Waals surface area contributed by atoms with E-state index in [1.165, 1.54) is 0 Å². The molecule has 11 heteroatoms. The number of carbonyl (C=O) groups excluding carboxylic acids is 2. The van der Waals surface area contributed by atoms with Crippen LogP contribution in [0.25, 0.3) is 0 Å². The van der Waals surface area contributed by atoms with Crippen molar-refractivity contribution in [2.75, 3.05) is 13.2 Å². The lowest BCUT2D eigenvalue weighted by Crippen LogP contribution is -2.58. The number of hydrogen-bond acceptors (Lipinski definition) is 8. The minimum absolute atomic E-state index is 0.467. The van der Waals surface area contributed by atoms with Crippen LogP contribution in [0.15, 0.2) is 30.3 Å². The molecule has 1 aliphatic heterocycles. The largest absolute Gasteiger partial charge is 0.481 e. The van der Waals surface area contributed by atoms with Gasteiger partial charge in [0.05, 0.1) is 31.2 Å². The topological polar surface area (TPSA) is 188 Å². The number of carbonyl (C=O) groups is 3. The van der Waals surface area contributed by atoms with Gasteiger partial charge in [-0.25, -0.2) is 0 Å². The van der Waals surface area contributed by atoms with Crippen LogP contribution >= 0.6 is 0 Å². The molecule has 0 radical (unpaired) electrons. The van der Waals surface area contributed by atoms with Gasteiger partial charge in [-0.2, -0.15) is 0 Å². The quantitative estimate of drug-likeness (QED) is 0.186. The van der Waals surface area contributed by atoms with Gasteiger partial charge in [0.25, 0.3) is 5.91 Å². The van der Waals surface area contributed by atoms with Gasteiger partial charge in [-0.05, 0) is 24.9 Å². The second-order valence-electron chi connectivity index (χ2n) is 7.44. The van der Waals surface area contributed by atoms with Crippen LogP contribution in [-0.2, 0) is 14.4 Å². The second-order valence-corrected chi connectivity index (χ2v) is 7.44. The van der Waals surface area contributed by atoms with Gasteiger partial charge < -0.3 is 41.5 Å². The number of carboxylic acid groups (broad SMARTS) is 1. The van der Waals surface area contributed by atoms with E-state index in [4.69, 9.17) is 5.11 Å². The van der Waals surface area contributed by atoms with Crippen molar-refractivity contribution in [1.29, 1.82) is 0 Å². The van der Waals surface area contributed by atoms with Gasteiger partial charge in [-0.15, -0.1) is 0 Å². The van der Waals surface area contributed by atoms with E-state index in [2.05, 4.69) is 16.0 Å². The van der Waals surface area contributed by atoms with E-state index in [0.717, 1.165) is 6.42 Å². The molecular formula is C20H29N3O8. The molecule has 8 N–H and O–H groups in total. The van der Waals surface area contributed by atoms with Gasteiger partial charge in [0.15, 0.2) is 6.10 Å². The molecule has 1 fully saturated rings. The van der Waals surface area contributed by atoms with Crippen LogP contribution in [0.3, 0.4) is 0 Å².